The summed E-state index contributed by atoms with van der Waals surface area (Å²) in [5, 5.41) is 10.8. The second-order valence-corrected chi connectivity index (χ2v) is 4.15. The van der Waals surface area contributed by atoms with Crippen molar-refractivity contribution in [3.05, 3.63) is 24.3 Å². The van der Waals surface area contributed by atoms with E-state index in [0.717, 1.165) is 5.75 Å². The molecule has 0 bridgehead atoms. The van der Waals surface area contributed by atoms with Gasteiger partial charge in [-0.05, 0) is 31.2 Å². The van der Waals surface area contributed by atoms with E-state index in [1.54, 1.807) is 24.3 Å². The lowest BCUT2D eigenvalue weighted by atomic mass is 10.1. The molecule has 1 atom stereocenters. The molecule has 18 heavy (non-hydrogen) atoms. The van der Waals surface area contributed by atoms with Gasteiger partial charge in [-0.3, -0.25) is 4.79 Å². The van der Waals surface area contributed by atoms with Crippen molar-refractivity contribution < 1.29 is 19.4 Å². The van der Waals surface area contributed by atoms with E-state index in [0.29, 0.717) is 12.3 Å². The van der Waals surface area contributed by atoms with Crippen LogP contribution in [-0.2, 0) is 9.59 Å². The quantitative estimate of drug-likeness (QED) is 0.762. The van der Waals surface area contributed by atoms with Crippen LogP contribution in [-0.4, -0.2) is 25.0 Å². The molecule has 2 rings (SSSR count). The summed E-state index contributed by atoms with van der Waals surface area (Å²) >= 11 is 0. The van der Waals surface area contributed by atoms with Crippen LogP contribution < -0.4 is 14.7 Å². The lowest BCUT2D eigenvalue weighted by molar-refractivity contribution is -0.310. The lowest BCUT2D eigenvalue weighted by Gasteiger charge is -2.17. The Labute approximate surface area is 105 Å². The minimum absolute atomic E-state index is 0.00947. The minimum atomic E-state index is -1.17. The first-order chi connectivity index (χ1) is 8.61. The summed E-state index contributed by atoms with van der Waals surface area (Å²) in [6, 6.07) is 7.03. The van der Waals surface area contributed by atoms with Crippen LogP contribution in [0.2, 0.25) is 0 Å². The number of benzene rings is 1. The van der Waals surface area contributed by atoms with Crippen LogP contribution in [0.4, 0.5) is 5.69 Å². The maximum absolute atomic E-state index is 11.7. The molecule has 1 unspecified atom stereocenters. The van der Waals surface area contributed by atoms with E-state index in [-0.39, 0.29) is 18.9 Å². The number of ether oxygens (including phenoxy) is 1. The fraction of sp³-hybridized carbons (Fsp3) is 0.385. The third kappa shape index (κ3) is 2.45. The summed E-state index contributed by atoms with van der Waals surface area (Å²) < 4.78 is 5.30. The summed E-state index contributed by atoms with van der Waals surface area (Å²) in [7, 11) is 0. The van der Waals surface area contributed by atoms with Gasteiger partial charge >= 0.3 is 0 Å². The van der Waals surface area contributed by atoms with Crippen molar-refractivity contribution in [1.82, 2.24) is 0 Å². The van der Waals surface area contributed by atoms with Gasteiger partial charge in [0.05, 0.1) is 6.61 Å². The molecule has 5 heteroatoms. The molecule has 0 saturated carbocycles. The van der Waals surface area contributed by atoms with E-state index in [1.165, 1.54) is 4.90 Å². The summed E-state index contributed by atoms with van der Waals surface area (Å²) in [5.41, 5.74) is 0.687. The molecule has 1 amide bonds. The highest BCUT2D eigenvalue weighted by Crippen LogP contribution is 2.26. The van der Waals surface area contributed by atoms with Crippen LogP contribution in [0.3, 0.4) is 0 Å². The van der Waals surface area contributed by atoms with Gasteiger partial charge in [0.1, 0.15) is 5.75 Å². The summed E-state index contributed by atoms with van der Waals surface area (Å²) in [5.74, 6) is -1.35. The number of hydrogen-bond acceptors (Lipinski definition) is 4. The van der Waals surface area contributed by atoms with Crippen molar-refractivity contribution in [3.8, 4) is 5.75 Å². The molecule has 0 radical (unpaired) electrons. The first kappa shape index (κ1) is 12.4. The Morgan fingerprint density at radius 1 is 1.44 bits per heavy atom. The second-order valence-electron chi connectivity index (χ2n) is 4.15. The Balaban J connectivity index is 2.12. The van der Waals surface area contributed by atoms with Crippen LogP contribution in [0.5, 0.6) is 5.75 Å². The Morgan fingerprint density at radius 3 is 2.61 bits per heavy atom. The highest BCUT2D eigenvalue weighted by Gasteiger charge is 2.31. The van der Waals surface area contributed by atoms with Crippen LogP contribution in [0.1, 0.15) is 13.3 Å². The number of nitrogens with zero attached hydrogens (tertiary/aromatic N) is 1. The third-order valence-corrected chi connectivity index (χ3v) is 2.92. The minimum Gasteiger partial charge on any atom is -0.550 e. The number of amides is 1. The topological polar surface area (TPSA) is 69.7 Å². The van der Waals surface area contributed by atoms with E-state index >= 15 is 0 Å². The molecule has 96 valence electrons. The van der Waals surface area contributed by atoms with Crippen molar-refractivity contribution in [2.24, 2.45) is 5.92 Å². The maximum Gasteiger partial charge on any atom is 0.227 e. The van der Waals surface area contributed by atoms with Crippen LogP contribution in [0.15, 0.2) is 24.3 Å². The Kier molecular flexibility index (Phi) is 3.50. The molecule has 0 spiro atoms. The van der Waals surface area contributed by atoms with Crippen molar-refractivity contribution in [2.45, 2.75) is 13.3 Å². The third-order valence-electron chi connectivity index (χ3n) is 2.92. The van der Waals surface area contributed by atoms with Gasteiger partial charge in [0.25, 0.3) is 0 Å². The maximum atomic E-state index is 11.7. The summed E-state index contributed by atoms with van der Waals surface area (Å²) in [6.07, 6.45) is 0.00947. The van der Waals surface area contributed by atoms with Crippen molar-refractivity contribution >= 4 is 17.6 Å². The molecular weight excluding hydrogens is 234 g/mol. The van der Waals surface area contributed by atoms with Gasteiger partial charge in [0.2, 0.25) is 5.91 Å². The van der Waals surface area contributed by atoms with Gasteiger partial charge in [0, 0.05) is 30.5 Å². The van der Waals surface area contributed by atoms with Gasteiger partial charge in [-0.15, -0.1) is 0 Å². The number of rotatable bonds is 4. The van der Waals surface area contributed by atoms with Gasteiger partial charge in [-0.25, -0.2) is 0 Å². The van der Waals surface area contributed by atoms with Crippen LogP contribution in [0, 0.1) is 5.92 Å². The monoisotopic (exact) mass is 248 g/mol. The Bertz CT molecular complexity index is 455. The van der Waals surface area contributed by atoms with E-state index in [9.17, 15) is 14.7 Å². The van der Waals surface area contributed by atoms with Crippen molar-refractivity contribution in [3.63, 3.8) is 0 Å². The van der Waals surface area contributed by atoms with E-state index in [4.69, 9.17) is 4.74 Å². The number of carbonyl (C=O) groups is 2. The first-order valence-corrected chi connectivity index (χ1v) is 5.86. The van der Waals surface area contributed by atoms with E-state index in [2.05, 4.69) is 0 Å². The van der Waals surface area contributed by atoms with Crippen molar-refractivity contribution in [2.75, 3.05) is 18.1 Å². The number of carboxylic acid groups (broad SMARTS) is 1. The molecule has 1 aliphatic rings. The fourth-order valence-electron chi connectivity index (χ4n) is 2.00. The molecular formula is C13H14NO4-. The van der Waals surface area contributed by atoms with Gasteiger partial charge < -0.3 is 19.5 Å². The smallest absolute Gasteiger partial charge is 0.227 e. The molecule has 0 aliphatic carbocycles. The number of aliphatic carboxylic acids is 1. The summed E-state index contributed by atoms with van der Waals surface area (Å²) in [4.78, 5) is 23.9. The second kappa shape index (κ2) is 5.08. The Hall–Kier alpha value is -2.04. The van der Waals surface area contributed by atoms with Gasteiger partial charge in [-0.2, -0.15) is 0 Å². The predicted octanol–water partition coefficient (Wildman–Crippen LogP) is 0.188. The Morgan fingerprint density at radius 2 is 2.11 bits per heavy atom. The normalized spacial score (nSPS) is 19.1. The fourth-order valence-corrected chi connectivity index (χ4v) is 2.00. The van der Waals surface area contributed by atoms with Crippen molar-refractivity contribution in [1.29, 1.82) is 0 Å². The molecule has 1 fully saturated rings. The largest absolute Gasteiger partial charge is 0.550 e. The van der Waals surface area contributed by atoms with Crippen LogP contribution in [0.25, 0.3) is 0 Å². The molecule has 0 aromatic heterocycles. The van der Waals surface area contributed by atoms with Gasteiger partial charge in [0.15, 0.2) is 0 Å². The molecule has 1 aromatic rings. The van der Waals surface area contributed by atoms with E-state index in [1.807, 2.05) is 6.92 Å². The highest BCUT2D eigenvalue weighted by molar-refractivity contribution is 5.98. The molecule has 1 saturated heterocycles. The molecule has 5 nitrogen and oxygen atoms in total. The number of hydrogen-bond donors (Lipinski definition) is 0. The number of carboxylic acids is 1. The van der Waals surface area contributed by atoms with Crippen LogP contribution >= 0.6 is 0 Å². The van der Waals surface area contributed by atoms with E-state index < -0.39 is 11.9 Å². The number of anilines is 1. The SMILES string of the molecule is CCOc1ccc(N2CC(C(=O)[O-])CC2=O)cc1. The summed E-state index contributed by atoms with van der Waals surface area (Å²) in [6.45, 7) is 2.65. The predicted molar refractivity (Wildman–Crippen MR) is 63.1 cm³/mol. The standard InChI is InChI=1S/C13H15NO4/c1-2-18-11-5-3-10(4-6-11)14-8-9(13(16)17)7-12(14)15/h3-6,9H,2,7-8H2,1H3,(H,16,17)/p-1. The molecule has 1 aliphatic heterocycles. The molecule has 1 aromatic carbocycles. The molecule has 0 N–H and O–H groups in total. The first-order valence-electron chi connectivity index (χ1n) is 5.86. The highest BCUT2D eigenvalue weighted by atomic mass is 16.5. The average Bonchev–Trinajstić information content (AvgIpc) is 2.73. The zero-order chi connectivity index (χ0) is 13.1. The zero-order valence-corrected chi connectivity index (χ0v) is 10.1. The number of carbonyl (C=O) groups excluding carboxylic acids is 2. The average molecular weight is 248 g/mol. The zero-order valence-electron chi connectivity index (χ0n) is 10.1. The molecule has 1 heterocycles. The van der Waals surface area contributed by atoms with Gasteiger partial charge in [-0.1, -0.05) is 0 Å². The lowest BCUT2D eigenvalue weighted by Crippen LogP contribution is -2.33.